The normalized spacial score (nSPS) is 16.5. The minimum atomic E-state index is -0.423. The highest BCUT2D eigenvalue weighted by molar-refractivity contribution is 6.30. The highest BCUT2D eigenvalue weighted by atomic mass is 35.5. The highest BCUT2D eigenvalue weighted by Gasteiger charge is 2.35. The average molecular weight is 372 g/mol. The van der Waals surface area contributed by atoms with Gasteiger partial charge in [0.25, 0.3) is 0 Å². The van der Waals surface area contributed by atoms with Gasteiger partial charge in [0.05, 0.1) is 5.92 Å². The number of anilines is 3. The predicted octanol–water partition coefficient (Wildman–Crippen LogP) is 3.29. The second-order valence-electron chi connectivity index (χ2n) is 6.13. The number of halogens is 1. The lowest BCUT2D eigenvalue weighted by atomic mass is 10.1. The van der Waals surface area contributed by atoms with Crippen molar-refractivity contribution < 1.29 is 14.4 Å². The van der Waals surface area contributed by atoms with Gasteiger partial charge in [0.15, 0.2) is 0 Å². The SMILES string of the molecule is CC(=O)Nc1ccc(NC(=O)[C@H]2CC(=O)N(c3ccc(Cl)cc3)C2)cc1. The molecule has 7 heteroatoms. The Kier molecular flexibility index (Phi) is 5.23. The van der Waals surface area contributed by atoms with Crippen molar-refractivity contribution in [3.8, 4) is 0 Å². The molecule has 0 unspecified atom stereocenters. The van der Waals surface area contributed by atoms with E-state index < -0.39 is 5.92 Å². The van der Waals surface area contributed by atoms with Gasteiger partial charge in [0, 0.05) is 42.0 Å². The van der Waals surface area contributed by atoms with Crippen molar-refractivity contribution in [2.45, 2.75) is 13.3 Å². The van der Waals surface area contributed by atoms with Gasteiger partial charge in [-0.25, -0.2) is 0 Å². The summed E-state index contributed by atoms with van der Waals surface area (Å²) in [5, 5.41) is 6.07. The first kappa shape index (κ1) is 17.9. The first-order chi connectivity index (χ1) is 12.4. The predicted molar refractivity (Wildman–Crippen MR) is 101 cm³/mol. The Morgan fingerprint density at radius 2 is 1.58 bits per heavy atom. The van der Waals surface area contributed by atoms with Crippen LogP contribution in [0.15, 0.2) is 48.5 Å². The number of nitrogens with zero attached hydrogens (tertiary/aromatic N) is 1. The number of rotatable bonds is 4. The molecule has 0 spiro atoms. The monoisotopic (exact) mass is 371 g/mol. The van der Waals surface area contributed by atoms with E-state index in [0.29, 0.717) is 22.9 Å². The molecular weight excluding hydrogens is 354 g/mol. The summed E-state index contributed by atoms with van der Waals surface area (Å²) in [6.45, 7) is 1.76. The van der Waals surface area contributed by atoms with Crippen molar-refractivity contribution in [1.82, 2.24) is 0 Å². The third kappa shape index (κ3) is 4.21. The van der Waals surface area contributed by atoms with Gasteiger partial charge in [-0.1, -0.05) is 11.6 Å². The number of hydrogen-bond acceptors (Lipinski definition) is 3. The molecule has 0 bridgehead atoms. The van der Waals surface area contributed by atoms with Crippen LogP contribution in [0.3, 0.4) is 0 Å². The van der Waals surface area contributed by atoms with Crippen LogP contribution in [0.4, 0.5) is 17.1 Å². The zero-order valence-corrected chi connectivity index (χ0v) is 14.9. The molecule has 0 aromatic heterocycles. The summed E-state index contributed by atoms with van der Waals surface area (Å²) in [5.41, 5.74) is 2.00. The molecule has 1 fully saturated rings. The van der Waals surface area contributed by atoms with E-state index in [1.807, 2.05) is 0 Å². The first-order valence-corrected chi connectivity index (χ1v) is 8.54. The van der Waals surface area contributed by atoms with Crippen molar-refractivity contribution in [3.63, 3.8) is 0 Å². The second kappa shape index (κ2) is 7.58. The zero-order valence-electron chi connectivity index (χ0n) is 14.2. The maximum atomic E-state index is 12.5. The smallest absolute Gasteiger partial charge is 0.229 e. The molecule has 134 valence electrons. The first-order valence-electron chi connectivity index (χ1n) is 8.17. The van der Waals surface area contributed by atoms with Crippen LogP contribution < -0.4 is 15.5 Å². The largest absolute Gasteiger partial charge is 0.326 e. The topological polar surface area (TPSA) is 78.5 Å². The highest BCUT2D eigenvalue weighted by Crippen LogP contribution is 2.27. The molecule has 2 aromatic rings. The number of carbonyl (C=O) groups is 3. The maximum Gasteiger partial charge on any atom is 0.229 e. The van der Waals surface area contributed by atoms with E-state index in [1.54, 1.807) is 53.4 Å². The Morgan fingerprint density at radius 3 is 2.15 bits per heavy atom. The molecule has 0 saturated carbocycles. The summed E-state index contributed by atoms with van der Waals surface area (Å²) < 4.78 is 0. The lowest BCUT2D eigenvalue weighted by Gasteiger charge is -2.16. The molecule has 2 aromatic carbocycles. The van der Waals surface area contributed by atoms with Gasteiger partial charge in [-0.2, -0.15) is 0 Å². The number of hydrogen-bond donors (Lipinski definition) is 2. The van der Waals surface area contributed by atoms with Gasteiger partial charge in [-0.3, -0.25) is 14.4 Å². The molecule has 1 saturated heterocycles. The number of amides is 3. The van der Waals surface area contributed by atoms with Crippen molar-refractivity contribution in [3.05, 3.63) is 53.6 Å². The summed E-state index contributed by atoms with van der Waals surface area (Å²) in [4.78, 5) is 37.3. The molecule has 3 rings (SSSR count). The molecule has 0 radical (unpaired) electrons. The molecule has 3 amide bonds. The van der Waals surface area contributed by atoms with E-state index in [0.717, 1.165) is 5.69 Å². The van der Waals surface area contributed by atoms with E-state index in [2.05, 4.69) is 10.6 Å². The number of benzene rings is 2. The van der Waals surface area contributed by atoms with E-state index in [-0.39, 0.29) is 24.1 Å². The van der Waals surface area contributed by atoms with Crippen molar-refractivity contribution in [1.29, 1.82) is 0 Å². The number of nitrogens with one attached hydrogen (secondary N) is 2. The van der Waals surface area contributed by atoms with Crippen LogP contribution in [0.1, 0.15) is 13.3 Å². The van der Waals surface area contributed by atoms with Gasteiger partial charge in [0.2, 0.25) is 17.7 Å². The molecule has 1 aliphatic heterocycles. The van der Waals surface area contributed by atoms with Gasteiger partial charge < -0.3 is 15.5 Å². The Labute approximate surface area is 156 Å². The fourth-order valence-electron chi connectivity index (χ4n) is 2.84. The summed E-state index contributed by atoms with van der Waals surface area (Å²) in [6.07, 6.45) is 0.165. The van der Waals surface area contributed by atoms with Crippen LogP contribution in [-0.2, 0) is 14.4 Å². The Balaban J connectivity index is 1.62. The lowest BCUT2D eigenvalue weighted by molar-refractivity contribution is -0.122. The van der Waals surface area contributed by atoms with Crippen LogP contribution >= 0.6 is 11.6 Å². The average Bonchev–Trinajstić information content (AvgIpc) is 2.99. The summed E-state index contributed by atoms with van der Waals surface area (Å²) in [7, 11) is 0. The van der Waals surface area contributed by atoms with Gasteiger partial charge >= 0.3 is 0 Å². The van der Waals surface area contributed by atoms with E-state index in [4.69, 9.17) is 11.6 Å². The second-order valence-corrected chi connectivity index (χ2v) is 6.57. The zero-order chi connectivity index (χ0) is 18.7. The molecule has 1 heterocycles. The summed E-state index contributed by atoms with van der Waals surface area (Å²) in [5.74, 6) is -0.877. The molecule has 6 nitrogen and oxygen atoms in total. The standard InChI is InChI=1S/C19H18ClN3O3/c1-12(24)21-15-4-6-16(7-5-15)22-19(26)13-10-18(25)23(11-13)17-8-2-14(20)3-9-17/h2-9,13H,10-11H2,1H3,(H,21,24)(H,22,26)/t13-/m0/s1. The maximum absolute atomic E-state index is 12.5. The number of carbonyl (C=O) groups excluding carboxylic acids is 3. The Morgan fingerprint density at radius 1 is 1.00 bits per heavy atom. The van der Waals surface area contributed by atoms with Crippen LogP contribution in [0, 0.1) is 5.92 Å². The Hall–Kier alpha value is -2.86. The molecule has 2 N–H and O–H groups in total. The van der Waals surface area contributed by atoms with Gasteiger partial charge in [-0.05, 0) is 48.5 Å². The minimum Gasteiger partial charge on any atom is -0.326 e. The molecular formula is C19H18ClN3O3. The van der Waals surface area contributed by atoms with Gasteiger partial charge in [0.1, 0.15) is 0 Å². The molecule has 1 atom stereocenters. The van der Waals surface area contributed by atoms with Crippen LogP contribution in [0.5, 0.6) is 0 Å². The minimum absolute atomic E-state index is 0.0894. The third-order valence-corrected chi connectivity index (χ3v) is 4.36. The molecule has 26 heavy (non-hydrogen) atoms. The summed E-state index contributed by atoms with van der Waals surface area (Å²) >= 11 is 5.87. The van der Waals surface area contributed by atoms with Gasteiger partial charge in [-0.15, -0.1) is 0 Å². The fourth-order valence-corrected chi connectivity index (χ4v) is 2.96. The van der Waals surface area contributed by atoms with E-state index >= 15 is 0 Å². The molecule has 0 aliphatic carbocycles. The van der Waals surface area contributed by atoms with E-state index in [1.165, 1.54) is 6.92 Å². The van der Waals surface area contributed by atoms with Crippen LogP contribution in [-0.4, -0.2) is 24.3 Å². The van der Waals surface area contributed by atoms with E-state index in [9.17, 15) is 14.4 Å². The fraction of sp³-hybridized carbons (Fsp3) is 0.211. The van der Waals surface area contributed by atoms with Crippen molar-refractivity contribution in [2.24, 2.45) is 5.92 Å². The quantitative estimate of drug-likeness (QED) is 0.865. The Bertz CT molecular complexity index is 834. The summed E-state index contributed by atoms with van der Waals surface area (Å²) in [6, 6.07) is 13.8. The molecule has 1 aliphatic rings. The van der Waals surface area contributed by atoms with Crippen molar-refractivity contribution in [2.75, 3.05) is 22.1 Å². The van der Waals surface area contributed by atoms with Crippen LogP contribution in [0.2, 0.25) is 5.02 Å². The van der Waals surface area contributed by atoms with Crippen molar-refractivity contribution >= 4 is 46.4 Å². The van der Waals surface area contributed by atoms with Crippen LogP contribution in [0.25, 0.3) is 0 Å². The third-order valence-electron chi connectivity index (χ3n) is 4.11. The lowest BCUT2D eigenvalue weighted by Crippen LogP contribution is -2.28.